The Bertz CT molecular complexity index is 889. The molecule has 0 saturated heterocycles. The van der Waals surface area contributed by atoms with Gasteiger partial charge in [0.05, 0.1) is 12.2 Å². The van der Waals surface area contributed by atoms with Gasteiger partial charge in [-0.3, -0.25) is 4.79 Å². The zero-order valence-corrected chi connectivity index (χ0v) is 16.8. The second-order valence-corrected chi connectivity index (χ2v) is 7.65. The summed E-state index contributed by atoms with van der Waals surface area (Å²) < 4.78 is 0. The fraction of sp³-hybridized carbons (Fsp3) is 0.273. The van der Waals surface area contributed by atoms with Gasteiger partial charge in [-0.1, -0.05) is 54.6 Å². The summed E-state index contributed by atoms with van der Waals surface area (Å²) in [5, 5.41) is 5.96. The first-order chi connectivity index (χ1) is 13.0. The number of nitrogens with one attached hydrogen (secondary N) is 1. The third-order valence-electron chi connectivity index (χ3n) is 4.54. The predicted octanol–water partition coefficient (Wildman–Crippen LogP) is 4.36. The fourth-order valence-corrected chi connectivity index (χ4v) is 3.86. The van der Waals surface area contributed by atoms with Gasteiger partial charge in [0.25, 0.3) is 0 Å². The van der Waals surface area contributed by atoms with E-state index >= 15 is 0 Å². The zero-order chi connectivity index (χ0) is 19.2. The molecule has 4 nitrogen and oxygen atoms in total. The Morgan fingerprint density at radius 3 is 2.48 bits per heavy atom. The van der Waals surface area contributed by atoms with E-state index in [1.54, 1.807) is 11.3 Å². The molecule has 1 aromatic heterocycles. The minimum Gasteiger partial charge on any atom is -0.354 e. The van der Waals surface area contributed by atoms with Crippen LogP contribution >= 0.6 is 11.3 Å². The van der Waals surface area contributed by atoms with E-state index in [1.165, 1.54) is 11.1 Å². The van der Waals surface area contributed by atoms with Gasteiger partial charge in [0.15, 0.2) is 5.13 Å². The molecule has 0 spiro atoms. The van der Waals surface area contributed by atoms with E-state index in [-0.39, 0.29) is 11.8 Å². The summed E-state index contributed by atoms with van der Waals surface area (Å²) in [4.78, 5) is 19.2. The van der Waals surface area contributed by atoms with Crippen LogP contribution in [-0.4, -0.2) is 25.0 Å². The third kappa shape index (κ3) is 4.95. The van der Waals surface area contributed by atoms with Crippen molar-refractivity contribution in [3.05, 3.63) is 82.4 Å². The molecule has 0 bridgehead atoms. The number of aromatic nitrogens is 1. The molecule has 1 atom stereocenters. The van der Waals surface area contributed by atoms with Gasteiger partial charge in [-0.05, 0) is 23.6 Å². The lowest BCUT2D eigenvalue weighted by Crippen LogP contribution is -2.25. The van der Waals surface area contributed by atoms with E-state index in [0.29, 0.717) is 13.0 Å². The molecular formula is C22H25N3OS. The lowest BCUT2D eigenvalue weighted by atomic mass is 9.86. The molecule has 0 fully saturated rings. The Hall–Kier alpha value is -2.66. The number of carbonyl (C=O) groups is 1. The van der Waals surface area contributed by atoms with E-state index in [0.717, 1.165) is 16.4 Å². The van der Waals surface area contributed by atoms with Crippen LogP contribution in [0.1, 0.15) is 34.7 Å². The van der Waals surface area contributed by atoms with Gasteiger partial charge in [-0.2, -0.15) is 0 Å². The molecule has 0 saturated carbocycles. The molecule has 0 aliphatic rings. The summed E-state index contributed by atoms with van der Waals surface area (Å²) >= 11 is 1.58. The van der Waals surface area contributed by atoms with Crippen molar-refractivity contribution in [2.45, 2.75) is 25.8 Å². The summed E-state index contributed by atoms with van der Waals surface area (Å²) in [6, 6.07) is 18.5. The highest BCUT2D eigenvalue weighted by Crippen LogP contribution is 2.30. The van der Waals surface area contributed by atoms with Gasteiger partial charge in [0, 0.05) is 31.8 Å². The van der Waals surface area contributed by atoms with E-state index in [4.69, 9.17) is 0 Å². The molecule has 1 heterocycles. The Labute approximate surface area is 164 Å². The summed E-state index contributed by atoms with van der Waals surface area (Å²) in [6.07, 6.45) is 0.416. The van der Waals surface area contributed by atoms with E-state index in [1.807, 2.05) is 54.7 Å². The zero-order valence-electron chi connectivity index (χ0n) is 16.0. The van der Waals surface area contributed by atoms with Crippen molar-refractivity contribution in [1.29, 1.82) is 0 Å². The quantitative estimate of drug-likeness (QED) is 0.663. The topological polar surface area (TPSA) is 45.2 Å². The van der Waals surface area contributed by atoms with Crippen LogP contribution in [0.2, 0.25) is 0 Å². The monoisotopic (exact) mass is 379 g/mol. The number of hydrogen-bond donors (Lipinski definition) is 1. The normalized spacial score (nSPS) is 11.8. The molecule has 2 aromatic carbocycles. The Morgan fingerprint density at radius 1 is 1.11 bits per heavy atom. The van der Waals surface area contributed by atoms with Crippen molar-refractivity contribution in [1.82, 2.24) is 10.3 Å². The van der Waals surface area contributed by atoms with Crippen LogP contribution < -0.4 is 10.2 Å². The van der Waals surface area contributed by atoms with Crippen LogP contribution in [0.3, 0.4) is 0 Å². The second kappa shape index (κ2) is 8.82. The van der Waals surface area contributed by atoms with Crippen LogP contribution in [-0.2, 0) is 11.3 Å². The van der Waals surface area contributed by atoms with Crippen LogP contribution in [0.5, 0.6) is 0 Å². The molecule has 3 aromatic rings. The highest BCUT2D eigenvalue weighted by molar-refractivity contribution is 7.13. The first kappa shape index (κ1) is 19.1. The third-order valence-corrected chi connectivity index (χ3v) is 5.60. The minimum atomic E-state index is 0.0338. The summed E-state index contributed by atoms with van der Waals surface area (Å²) in [5.41, 5.74) is 4.45. The lowest BCUT2D eigenvalue weighted by Gasteiger charge is -2.19. The van der Waals surface area contributed by atoms with Gasteiger partial charge in [0.1, 0.15) is 0 Å². The molecule has 1 amide bonds. The molecule has 5 heteroatoms. The minimum absolute atomic E-state index is 0.0338. The van der Waals surface area contributed by atoms with E-state index in [2.05, 4.69) is 41.5 Å². The first-order valence-electron chi connectivity index (χ1n) is 9.03. The van der Waals surface area contributed by atoms with Crippen LogP contribution in [0.15, 0.2) is 60.0 Å². The van der Waals surface area contributed by atoms with Gasteiger partial charge in [0.2, 0.25) is 5.91 Å². The number of amides is 1. The van der Waals surface area contributed by atoms with Crippen molar-refractivity contribution in [2.75, 3.05) is 19.0 Å². The van der Waals surface area contributed by atoms with Crippen molar-refractivity contribution in [2.24, 2.45) is 0 Å². The van der Waals surface area contributed by atoms with Crippen LogP contribution in [0, 0.1) is 6.92 Å². The number of anilines is 1. The van der Waals surface area contributed by atoms with E-state index < -0.39 is 0 Å². The maximum absolute atomic E-state index is 12.7. The molecule has 0 radical (unpaired) electrons. The number of hydrogen-bond acceptors (Lipinski definition) is 4. The van der Waals surface area contributed by atoms with Crippen molar-refractivity contribution in [3.63, 3.8) is 0 Å². The second-order valence-electron chi connectivity index (χ2n) is 6.82. The van der Waals surface area contributed by atoms with Crippen LogP contribution in [0.25, 0.3) is 0 Å². The number of nitrogens with zero attached hydrogens (tertiary/aromatic N) is 2. The molecule has 1 N–H and O–H groups in total. The maximum atomic E-state index is 12.7. The number of carbonyl (C=O) groups excluding carboxylic acids is 1. The average molecular weight is 380 g/mol. The molecule has 0 aliphatic carbocycles. The lowest BCUT2D eigenvalue weighted by molar-refractivity contribution is -0.121. The smallest absolute Gasteiger partial charge is 0.221 e. The number of benzene rings is 2. The highest BCUT2D eigenvalue weighted by Gasteiger charge is 2.19. The standard InChI is InChI=1S/C22H25N3OS/c1-16-9-7-8-12-19(16)20(17-10-5-4-6-11-17)13-21(26)23-14-18-15-27-22(24-18)25(2)3/h4-12,15,20H,13-14H2,1-3H3,(H,23,26)/t20-/m0/s1. The average Bonchev–Trinajstić information content (AvgIpc) is 3.15. The molecule has 0 aliphatic heterocycles. The van der Waals surface area contributed by atoms with Gasteiger partial charge in [-0.15, -0.1) is 11.3 Å². The van der Waals surface area contributed by atoms with Crippen molar-refractivity contribution < 1.29 is 4.79 Å². The Morgan fingerprint density at radius 2 is 1.81 bits per heavy atom. The molecule has 140 valence electrons. The Kier molecular flexibility index (Phi) is 6.24. The largest absolute Gasteiger partial charge is 0.354 e. The van der Waals surface area contributed by atoms with Gasteiger partial charge in [-0.25, -0.2) is 4.98 Å². The fourth-order valence-electron chi connectivity index (χ4n) is 3.10. The maximum Gasteiger partial charge on any atom is 0.221 e. The molecule has 27 heavy (non-hydrogen) atoms. The molecule has 3 rings (SSSR count). The Balaban J connectivity index is 1.72. The van der Waals surface area contributed by atoms with E-state index in [9.17, 15) is 4.79 Å². The summed E-state index contributed by atoms with van der Waals surface area (Å²) in [7, 11) is 3.93. The number of thiazole rings is 1. The molecular weight excluding hydrogens is 354 g/mol. The molecule has 0 unspecified atom stereocenters. The predicted molar refractivity (Wildman–Crippen MR) is 112 cm³/mol. The summed E-state index contributed by atoms with van der Waals surface area (Å²) in [6.45, 7) is 2.56. The van der Waals surface area contributed by atoms with Gasteiger partial charge < -0.3 is 10.2 Å². The van der Waals surface area contributed by atoms with Crippen molar-refractivity contribution >= 4 is 22.4 Å². The number of aryl methyl sites for hydroxylation is 1. The number of rotatable bonds is 7. The first-order valence-corrected chi connectivity index (χ1v) is 9.91. The van der Waals surface area contributed by atoms with Gasteiger partial charge >= 0.3 is 0 Å². The SMILES string of the molecule is Cc1ccccc1[C@@H](CC(=O)NCc1csc(N(C)C)n1)c1ccccc1. The highest BCUT2D eigenvalue weighted by atomic mass is 32.1. The summed E-state index contributed by atoms with van der Waals surface area (Å²) in [5.74, 6) is 0.0756. The van der Waals surface area contributed by atoms with Crippen molar-refractivity contribution in [3.8, 4) is 0 Å². The van der Waals surface area contributed by atoms with Crippen LogP contribution in [0.4, 0.5) is 5.13 Å².